The van der Waals surface area contributed by atoms with E-state index in [1.165, 1.54) is 22.2 Å². The van der Waals surface area contributed by atoms with Gasteiger partial charge < -0.3 is 14.6 Å². The fraction of sp³-hybridized carbons (Fsp3) is 0.500. The lowest BCUT2D eigenvalue weighted by Gasteiger charge is -2.33. The summed E-state index contributed by atoms with van der Waals surface area (Å²) in [6.07, 6.45) is 2.55. The van der Waals surface area contributed by atoms with E-state index in [-0.39, 0.29) is 6.09 Å². The first-order chi connectivity index (χ1) is 11.4. The van der Waals surface area contributed by atoms with E-state index in [1.807, 2.05) is 25.7 Å². The molecule has 2 heterocycles. The van der Waals surface area contributed by atoms with Crippen LogP contribution in [0.2, 0.25) is 0 Å². The number of nitrogens with one attached hydrogen (secondary N) is 1. The summed E-state index contributed by atoms with van der Waals surface area (Å²) >= 11 is 0. The highest BCUT2D eigenvalue weighted by atomic mass is 16.6. The Morgan fingerprint density at radius 1 is 1.29 bits per heavy atom. The Kier molecular flexibility index (Phi) is 4.57. The number of amides is 1. The highest BCUT2D eigenvalue weighted by Gasteiger charge is 2.27. The minimum atomic E-state index is -0.431. The molecule has 0 atom stereocenters. The number of hydrogen-bond donors (Lipinski definition) is 1. The summed E-state index contributed by atoms with van der Waals surface area (Å²) in [5.74, 6) is 0.506. The van der Waals surface area contributed by atoms with E-state index in [4.69, 9.17) is 4.74 Å². The van der Waals surface area contributed by atoms with Crippen LogP contribution in [0, 0.1) is 6.92 Å². The lowest BCUT2D eigenvalue weighted by molar-refractivity contribution is 0.0205. The van der Waals surface area contributed by atoms with Gasteiger partial charge in [0.1, 0.15) is 5.60 Å². The van der Waals surface area contributed by atoms with Gasteiger partial charge in [-0.15, -0.1) is 0 Å². The van der Waals surface area contributed by atoms with Gasteiger partial charge in [0.05, 0.1) is 0 Å². The number of carbonyl (C=O) groups is 1. The smallest absolute Gasteiger partial charge is 0.410 e. The average molecular weight is 327 g/mol. The molecule has 1 aromatic carbocycles. The number of H-pyrrole nitrogens is 1. The number of benzene rings is 1. The predicted octanol–water partition coefficient (Wildman–Crippen LogP) is 4.66. The average Bonchev–Trinajstić information content (AvgIpc) is 2.95. The molecule has 1 aliphatic rings. The molecule has 1 N–H and O–H groups in total. The third kappa shape index (κ3) is 3.74. The first-order valence-electron chi connectivity index (χ1n) is 8.74. The second-order valence-electron chi connectivity index (χ2n) is 7.63. The van der Waals surface area contributed by atoms with Gasteiger partial charge in [0.25, 0.3) is 0 Å². The summed E-state index contributed by atoms with van der Waals surface area (Å²) in [6.45, 7) is 11.2. The molecule has 3 rings (SSSR count). The largest absolute Gasteiger partial charge is 0.444 e. The number of piperidine rings is 1. The maximum atomic E-state index is 12.2. The van der Waals surface area contributed by atoms with E-state index in [2.05, 4.69) is 36.2 Å². The van der Waals surface area contributed by atoms with Crippen LogP contribution in [0.4, 0.5) is 4.79 Å². The van der Waals surface area contributed by atoms with Gasteiger partial charge in [0.15, 0.2) is 0 Å². The zero-order valence-electron chi connectivity index (χ0n) is 14.9. The van der Waals surface area contributed by atoms with Crippen LogP contribution in [0.15, 0.2) is 24.3 Å². The van der Waals surface area contributed by atoms with Crippen molar-refractivity contribution in [3.8, 4) is 0 Å². The highest BCUT2D eigenvalue weighted by molar-refractivity contribution is 5.81. The van der Waals surface area contributed by atoms with Gasteiger partial charge in [0, 0.05) is 24.3 Å². The van der Waals surface area contributed by atoms with Crippen LogP contribution in [-0.4, -0.2) is 34.7 Å². The van der Waals surface area contributed by atoms with Crippen LogP contribution in [0.25, 0.3) is 10.9 Å². The Morgan fingerprint density at radius 3 is 2.62 bits per heavy atom. The number of ether oxygens (including phenoxy) is 1. The summed E-state index contributed by atoms with van der Waals surface area (Å²) in [5.41, 5.74) is 3.27. The number of likely N-dealkylation sites (tertiary alicyclic amines) is 1. The van der Waals surface area contributed by atoms with Crippen molar-refractivity contribution in [3.05, 3.63) is 42.4 Å². The van der Waals surface area contributed by atoms with Crippen LogP contribution in [0.1, 0.15) is 50.8 Å². The van der Waals surface area contributed by atoms with E-state index in [0.717, 1.165) is 32.4 Å². The zero-order chi connectivity index (χ0) is 17.3. The summed E-state index contributed by atoms with van der Waals surface area (Å²) in [5, 5.41) is 1.25. The van der Waals surface area contributed by atoms with Crippen molar-refractivity contribution < 1.29 is 9.53 Å². The van der Waals surface area contributed by atoms with E-state index in [1.54, 1.807) is 0 Å². The lowest BCUT2D eigenvalue weighted by Crippen LogP contribution is -2.41. The third-order valence-corrected chi connectivity index (χ3v) is 4.59. The lowest BCUT2D eigenvalue weighted by atomic mass is 9.89. The first-order valence-corrected chi connectivity index (χ1v) is 8.74. The number of nitrogens with zero attached hydrogens (tertiary/aromatic N) is 1. The Morgan fingerprint density at radius 2 is 2.00 bits per heavy atom. The number of carbonyl (C=O) groups excluding carboxylic acids is 1. The minimum Gasteiger partial charge on any atom is -0.444 e. The molecule has 2 aromatic rings. The molecule has 0 unspecified atom stereocenters. The molecule has 1 saturated heterocycles. The number of hydrogen-bond acceptors (Lipinski definition) is 2. The monoisotopic (exact) mass is 327 g/mol. The predicted molar refractivity (Wildman–Crippen MR) is 97.1 cm³/mol. The maximum Gasteiger partial charge on any atom is 0.410 e. The second kappa shape index (κ2) is 6.50. The quantitative estimate of drug-likeness (QED) is 0.872. The summed E-state index contributed by atoms with van der Waals surface area (Å²) in [6, 6.07) is 8.82. The van der Waals surface area contributed by atoms with Gasteiger partial charge in [-0.25, -0.2) is 4.79 Å². The zero-order valence-corrected chi connectivity index (χ0v) is 14.9. The molecule has 4 nitrogen and oxygen atoms in total. The standard InChI is InChI=1S/C20H27N2O2/c1-5-17-13-16-12-15(6-7-18(16)21-17)14-8-10-22(11-9-14)19(23)24-20(2,3)4/h6-7,12-14,21H,1,5,8-11H2,2-4H3. The molecule has 1 aromatic heterocycles. The molecular weight excluding hydrogens is 300 g/mol. The number of fused-ring (bicyclic) bond motifs is 1. The van der Waals surface area contributed by atoms with E-state index in [0.29, 0.717) is 5.92 Å². The molecule has 1 aliphatic heterocycles. The molecule has 0 aliphatic carbocycles. The Labute approximate surface area is 144 Å². The van der Waals surface area contributed by atoms with Crippen molar-refractivity contribution in [2.24, 2.45) is 0 Å². The Balaban J connectivity index is 1.65. The number of aromatic amines is 1. The van der Waals surface area contributed by atoms with Crippen molar-refractivity contribution in [1.29, 1.82) is 0 Å². The Hall–Kier alpha value is -1.97. The maximum absolute atomic E-state index is 12.2. The molecule has 1 fully saturated rings. The fourth-order valence-corrected chi connectivity index (χ4v) is 3.32. The van der Waals surface area contributed by atoms with Gasteiger partial charge in [-0.05, 0) is 82.0 Å². The highest BCUT2D eigenvalue weighted by Crippen LogP contribution is 2.31. The van der Waals surface area contributed by atoms with Crippen LogP contribution in [0.5, 0.6) is 0 Å². The van der Waals surface area contributed by atoms with E-state index in [9.17, 15) is 4.79 Å². The summed E-state index contributed by atoms with van der Waals surface area (Å²) < 4.78 is 5.47. The SMILES string of the molecule is [CH2]Cc1cc2cc(C3CCN(C(=O)OC(C)(C)C)CC3)ccc2[nH]1. The molecule has 0 bridgehead atoms. The van der Waals surface area contributed by atoms with Crippen LogP contribution < -0.4 is 0 Å². The molecule has 4 heteroatoms. The molecule has 0 saturated carbocycles. The van der Waals surface area contributed by atoms with Gasteiger partial charge in [0.2, 0.25) is 0 Å². The molecule has 24 heavy (non-hydrogen) atoms. The van der Waals surface area contributed by atoms with Gasteiger partial charge in [-0.2, -0.15) is 0 Å². The third-order valence-electron chi connectivity index (χ3n) is 4.59. The fourth-order valence-electron chi connectivity index (χ4n) is 3.32. The molecule has 129 valence electrons. The summed E-state index contributed by atoms with van der Waals surface area (Å²) in [7, 11) is 0. The van der Waals surface area contributed by atoms with E-state index < -0.39 is 5.60 Å². The number of aromatic nitrogens is 1. The van der Waals surface area contributed by atoms with Crippen molar-refractivity contribution >= 4 is 17.0 Å². The molecule has 0 spiro atoms. The first kappa shape index (κ1) is 16.9. The second-order valence-corrected chi connectivity index (χ2v) is 7.63. The molecular formula is C20H27N2O2. The Bertz CT molecular complexity index is 719. The van der Waals surface area contributed by atoms with Gasteiger partial charge in [-0.3, -0.25) is 0 Å². The van der Waals surface area contributed by atoms with Crippen LogP contribution >= 0.6 is 0 Å². The van der Waals surface area contributed by atoms with Gasteiger partial charge >= 0.3 is 6.09 Å². The normalized spacial score (nSPS) is 16.6. The minimum absolute atomic E-state index is 0.192. The van der Waals surface area contributed by atoms with Crippen molar-refractivity contribution in [2.75, 3.05) is 13.1 Å². The molecule has 1 radical (unpaired) electrons. The van der Waals surface area contributed by atoms with Crippen molar-refractivity contribution in [1.82, 2.24) is 9.88 Å². The summed E-state index contributed by atoms with van der Waals surface area (Å²) in [4.78, 5) is 17.4. The van der Waals surface area contributed by atoms with Crippen molar-refractivity contribution in [3.63, 3.8) is 0 Å². The van der Waals surface area contributed by atoms with Crippen LogP contribution in [0.3, 0.4) is 0 Å². The topological polar surface area (TPSA) is 45.3 Å². The van der Waals surface area contributed by atoms with Crippen molar-refractivity contribution in [2.45, 2.75) is 51.6 Å². The van der Waals surface area contributed by atoms with Gasteiger partial charge in [-0.1, -0.05) is 6.07 Å². The van der Waals surface area contributed by atoms with Crippen LogP contribution in [-0.2, 0) is 11.2 Å². The van der Waals surface area contributed by atoms with E-state index >= 15 is 0 Å². The molecule has 1 amide bonds. The number of rotatable bonds is 2.